The molecule has 1 aliphatic rings. The van der Waals surface area contributed by atoms with Gasteiger partial charge in [0.15, 0.2) is 0 Å². The van der Waals surface area contributed by atoms with Crippen LogP contribution in [0.25, 0.3) is 0 Å². The Morgan fingerprint density at radius 3 is 2.47 bits per heavy atom. The fraction of sp³-hybridized carbons (Fsp3) is 0.923. The molecule has 0 aromatic heterocycles. The van der Waals surface area contributed by atoms with Gasteiger partial charge in [-0.25, -0.2) is 0 Å². The summed E-state index contributed by atoms with van der Waals surface area (Å²) >= 11 is 1.96. The van der Waals surface area contributed by atoms with Gasteiger partial charge in [0, 0.05) is 30.1 Å². The second-order valence-corrected chi connectivity index (χ2v) is 6.49. The highest BCUT2D eigenvalue weighted by atomic mass is 32.2. The van der Waals surface area contributed by atoms with Crippen molar-refractivity contribution in [2.24, 2.45) is 11.1 Å². The molecule has 0 radical (unpaired) electrons. The molecule has 1 aliphatic heterocycles. The average molecular weight is 258 g/mol. The van der Waals surface area contributed by atoms with E-state index in [1.807, 2.05) is 11.8 Å². The van der Waals surface area contributed by atoms with Crippen LogP contribution >= 0.6 is 11.8 Å². The average Bonchev–Trinajstić information content (AvgIpc) is 2.35. The van der Waals surface area contributed by atoms with Gasteiger partial charge in [-0.05, 0) is 19.8 Å². The second kappa shape index (κ2) is 6.10. The lowest BCUT2D eigenvalue weighted by atomic mass is 9.80. The molecule has 2 atom stereocenters. The van der Waals surface area contributed by atoms with Crippen molar-refractivity contribution in [3.05, 3.63) is 0 Å². The summed E-state index contributed by atoms with van der Waals surface area (Å²) in [6, 6.07) is 0.324. The molecule has 100 valence electrons. The van der Waals surface area contributed by atoms with E-state index in [1.54, 1.807) is 0 Å². The third-order valence-corrected chi connectivity index (χ3v) is 5.68. The molecule has 1 heterocycles. The first kappa shape index (κ1) is 14.8. The second-order valence-electron chi connectivity index (χ2n) is 5.01. The quantitative estimate of drug-likeness (QED) is 0.840. The molecule has 2 unspecified atom stereocenters. The first-order chi connectivity index (χ1) is 8.02. The van der Waals surface area contributed by atoms with E-state index in [4.69, 9.17) is 5.73 Å². The minimum Gasteiger partial charge on any atom is -0.338 e. The highest BCUT2D eigenvalue weighted by Gasteiger charge is 2.40. The molecule has 4 heteroatoms. The standard InChI is InChI=1S/C13H26N2OS/c1-5-13(6-2,9-14)12(16)15-7-8-17-11(4)10(15)3/h10-11H,5-9,14H2,1-4H3. The van der Waals surface area contributed by atoms with Crippen molar-refractivity contribution < 1.29 is 4.79 Å². The Hall–Kier alpha value is -0.220. The summed E-state index contributed by atoms with van der Waals surface area (Å²) in [5.74, 6) is 1.32. The van der Waals surface area contributed by atoms with Gasteiger partial charge in [-0.1, -0.05) is 20.8 Å². The third kappa shape index (κ3) is 2.79. The van der Waals surface area contributed by atoms with Crippen molar-refractivity contribution in [2.45, 2.75) is 51.8 Å². The maximum atomic E-state index is 12.7. The van der Waals surface area contributed by atoms with E-state index in [9.17, 15) is 4.79 Å². The number of hydrogen-bond donors (Lipinski definition) is 1. The Morgan fingerprint density at radius 2 is 2.00 bits per heavy atom. The summed E-state index contributed by atoms with van der Waals surface area (Å²) in [4.78, 5) is 14.8. The molecule has 3 nitrogen and oxygen atoms in total. The van der Waals surface area contributed by atoms with Crippen molar-refractivity contribution in [2.75, 3.05) is 18.8 Å². The van der Waals surface area contributed by atoms with Crippen LogP contribution < -0.4 is 5.73 Å². The van der Waals surface area contributed by atoms with Crippen LogP contribution in [0.2, 0.25) is 0 Å². The van der Waals surface area contributed by atoms with Crippen LogP contribution in [0.15, 0.2) is 0 Å². The molecule has 2 N–H and O–H groups in total. The van der Waals surface area contributed by atoms with Crippen molar-refractivity contribution in [1.29, 1.82) is 0 Å². The highest BCUT2D eigenvalue weighted by Crippen LogP contribution is 2.32. The molecule has 17 heavy (non-hydrogen) atoms. The number of carbonyl (C=O) groups excluding carboxylic acids is 1. The zero-order valence-electron chi connectivity index (χ0n) is 11.5. The minimum atomic E-state index is -0.337. The van der Waals surface area contributed by atoms with Gasteiger partial charge in [-0.3, -0.25) is 4.79 Å². The van der Waals surface area contributed by atoms with Crippen LogP contribution in [0.1, 0.15) is 40.5 Å². The summed E-state index contributed by atoms with van der Waals surface area (Å²) in [7, 11) is 0. The summed E-state index contributed by atoms with van der Waals surface area (Å²) in [5.41, 5.74) is 5.53. The van der Waals surface area contributed by atoms with Gasteiger partial charge in [0.05, 0.1) is 5.41 Å². The van der Waals surface area contributed by atoms with Crippen LogP contribution in [0.3, 0.4) is 0 Å². The van der Waals surface area contributed by atoms with Crippen LogP contribution in [0.4, 0.5) is 0 Å². The van der Waals surface area contributed by atoms with Crippen molar-refractivity contribution >= 4 is 17.7 Å². The third-order valence-electron chi connectivity index (χ3n) is 4.34. The highest BCUT2D eigenvalue weighted by molar-refractivity contribution is 8.00. The lowest BCUT2D eigenvalue weighted by Gasteiger charge is -2.43. The lowest BCUT2D eigenvalue weighted by molar-refractivity contribution is -0.144. The van der Waals surface area contributed by atoms with E-state index < -0.39 is 0 Å². The van der Waals surface area contributed by atoms with E-state index in [-0.39, 0.29) is 11.3 Å². The van der Waals surface area contributed by atoms with Gasteiger partial charge >= 0.3 is 0 Å². The molecule has 0 aromatic carbocycles. The first-order valence-electron chi connectivity index (χ1n) is 6.65. The van der Waals surface area contributed by atoms with E-state index >= 15 is 0 Å². The molecule has 1 amide bonds. The molecule has 0 bridgehead atoms. The number of thioether (sulfide) groups is 1. The van der Waals surface area contributed by atoms with Crippen molar-refractivity contribution in [3.63, 3.8) is 0 Å². The fourth-order valence-electron chi connectivity index (χ4n) is 2.45. The molecular formula is C13H26N2OS. The predicted octanol–water partition coefficient (Wildman–Crippen LogP) is 2.10. The Balaban J connectivity index is 2.86. The van der Waals surface area contributed by atoms with Gasteiger partial charge in [0.1, 0.15) is 0 Å². The first-order valence-corrected chi connectivity index (χ1v) is 7.70. The SMILES string of the molecule is CCC(CC)(CN)C(=O)N1CCSC(C)C1C. The molecule has 1 rings (SSSR count). The Kier molecular flexibility index (Phi) is 5.32. The number of amides is 1. The molecule has 0 aliphatic carbocycles. The maximum absolute atomic E-state index is 12.7. The molecule has 0 aromatic rings. The van der Waals surface area contributed by atoms with Gasteiger partial charge in [-0.2, -0.15) is 11.8 Å². The topological polar surface area (TPSA) is 46.3 Å². The fourth-order valence-corrected chi connectivity index (χ4v) is 3.55. The zero-order valence-corrected chi connectivity index (χ0v) is 12.3. The van der Waals surface area contributed by atoms with E-state index in [0.29, 0.717) is 17.8 Å². The summed E-state index contributed by atoms with van der Waals surface area (Å²) in [5, 5.41) is 0.525. The number of hydrogen-bond acceptors (Lipinski definition) is 3. The number of rotatable bonds is 4. The van der Waals surface area contributed by atoms with Gasteiger partial charge < -0.3 is 10.6 Å². The molecular weight excluding hydrogens is 232 g/mol. The largest absolute Gasteiger partial charge is 0.338 e. The number of carbonyl (C=O) groups is 1. The summed E-state index contributed by atoms with van der Waals surface area (Å²) < 4.78 is 0. The smallest absolute Gasteiger partial charge is 0.230 e. The number of nitrogens with zero attached hydrogens (tertiary/aromatic N) is 1. The number of nitrogens with two attached hydrogens (primary N) is 1. The van der Waals surface area contributed by atoms with Gasteiger partial charge in [-0.15, -0.1) is 0 Å². The molecule has 0 saturated carbocycles. The Labute approximate surface area is 109 Å². The van der Waals surface area contributed by atoms with E-state index in [2.05, 4.69) is 32.6 Å². The minimum absolute atomic E-state index is 0.268. The Morgan fingerprint density at radius 1 is 1.41 bits per heavy atom. The van der Waals surface area contributed by atoms with Crippen LogP contribution in [0, 0.1) is 5.41 Å². The van der Waals surface area contributed by atoms with E-state index in [0.717, 1.165) is 25.1 Å². The van der Waals surface area contributed by atoms with E-state index in [1.165, 1.54) is 0 Å². The van der Waals surface area contributed by atoms with Crippen LogP contribution in [-0.2, 0) is 4.79 Å². The zero-order chi connectivity index (χ0) is 13.1. The molecule has 0 spiro atoms. The molecule has 1 saturated heterocycles. The lowest BCUT2D eigenvalue weighted by Crippen LogP contribution is -2.55. The van der Waals surface area contributed by atoms with Crippen LogP contribution in [-0.4, -0.2) is 40.9 Å². The normalized spacial score (nSPS) is 26.1. The van der Waals surface area contributed by atoms with Gasteiger partial charge in [0.2, 0.25) is 5.91 Å². The van der Waals surface area contributed by atoms with Crippen LogP contribution in [0.5, 0.6) is 0 Å². The predicted molar refractivity (Wildman–Crippen MR) is 75.2 cm³/mol. The van der Waals surface area contributed by atoms with Crippen molar-refractivity contribution in [3.8, 4) is 0 Å². The maximum Gasteiger partial charge on any atom is 0.230 e. The monoisotopic (exact) mass is 258 g/mol. The van der Waals surface area contributed by atoms with Gasteiger partial charge in [0.25, 0.3) is 0 Å². The molecule has 1 fully saturated rings. The van der Waals surface area contributed by atoms with Crippen molar-refractivity contribution in [1.82, 2.24) is 4.90 Å². The Bertz CT molecular complexity index is 258. The summed E-state index contributed by atoms with van der Waals surface area (Å²) in [6.45, 7) is 9.83. The summed E-state index contributed by atoms with van der Waals surface area (Å²) in [6.07, 6.45) is 1.67.